The maximum Gasteiger partial charge on any atom is 0.251 e. The molecule has 0 bridgehead atoms. The van der Waals surface area contributed by atoms with E-state index >= 15 is 0 Å². The predicted molar refractivity (Wildman–Crippen MR) is 45.2 cm³/mol. The van der Waals surface area contributed by atoms with E-state index in [-0.39, 0.29) is 6.54 Å². The van der Waals surface area contributed by atoms with Gasteiger partial charge in [0.25, 0.3) is 6.43 Å². The summed E-state index contributed by atoms with van der Waals surface area (Å²) in [5, 5.41) is 2.92. The van der Waals surface area contributed by atoms with E-state index in [9.17, 15) is 8.78 Å². The van der Waals surface area contributed by atoms with Gasteiger partial charge in [-0.25, -0.2) is 8.78 Å². The fraction of sp³-hybridized carbons (Fsp3) is 0.750. The van der Waals surface area contributed by atoms with Gasteiger partial charge in [0.2, 0.25) is 0 Å². The van der Waals surface area contributed by atoms with E-state index in [0.29, 0.717) is 19.6 Å². The molecule has 0 aromatic carbocycles. The van der Waals surface area contributed by atoms with Crippen LogP contribution in [0.3, 0.4) is 0 Å². The van der Waals surface area contributed by atoms with Crippen molar-refractivity contribution in [1.29, 1.82) is 0 Å². The van der Waals surface area contributed by atoms with Gasteiger partial charge in [-0.05, 0) is 7.05 Å². The Balaban J connectivity index is 3.20. The summed E-state index contributed by atoms with van der Waals surface area (Å²) in [6.45, 7) is 1.54. The van der Waals surface area contributed by atoms with Gasteiger partial charge in [-0.2, -0.15) is 0 Å². The standard InChI is InChI=1S/C8H14F2N2/c1-3-4-11-5-6-12(2)7-8(9)10/h1,8,11H,4-7H2,2H3. The van der Waals surface area contributed by atoms with Crippen molar-refractivity contribution < 1.29 is 8.78 Å². The number of terminal acetylenes is 1. The van der Waals surface area contributed by atoms with Crippen LogP contribution in [-0.4, -0.2) is 44.6 Å². The average Bonchev–Trinajstić information content (AvgIpc) is 1.97. The first-order valence-corrected chi connectivity index (χ1v) is 3.77. The number of nitrogens with one attached hydrogen (secondary N) is 1. The molecule has 0 aliphatic heterocycles. The predicted octanol–water partition coefficient (Wildman–Crippen LogP) is 0.406. The molecule has 70 valence electrons. The fourth-order valence-electron chi connectivity index (χ4n) is 0.757. The third-order valence-electron chi connectivity index (χ3n) is 1.35. The van der Waals surface area contributed by atoms with Gasteiger partial charge in [-0.3, -0.25) is 4.90 Å². The second-order valence-electron chi connectivity index (χ2n) is 2.53. The molecule has 0 radical (unpaired) electrons. The molecule has 0 spiro atoms. The summed E-state index contributed by atoms with van der Waals surface area (Å²) in [5.74, 6) is 2.40. The topological polar surface area (TPSA) is 15.3 Å². The zero-order chi connectivity index (χ0) is 9.40. The monoisotopic (exact) mass is 176 g/mol. The maximum atomic E-state index is 11.8. The highest BCUT2D eigenvalue weighted by molar-refractivity contribution is 4.86. The molecular formula is C8H14F2N2. The van der Waals surface area contributed by atoms with Crippen molar-refractivity contribution in [2.24, 2.45) is 0 Å². The molecule has 4 heteroatoms. The quantitative estimate of drug-likeness (QED) is 0.465. The minimum absolute atomic E-state index is 0.183. The van der Waals surface area contributed by atoms with Crippen molar-refractivity contribution in [2.45, 2.75) is 6.43 Å². The van der Waals surface area contributed by atoms with E-state index in [1.807, 2.05) is 0 Å². The van der Waals surface area contributed by atoms with Crippen LogP contribution in [-0.2, 0) is 0 Å². The lowest BCUT2D eigenvalue weighted by Gasteiger charge is -2.15. The number of hydrogen-bond acceptors (Lipinski definition) is 2. The van der Waals surface area contributed by atoms with Gasteiger partial charge < -0.3 is 5.32 Å². The zero-order valence-electron chi connectivity index (χ0n) is 7.19. The fourth-order valence-corrected chi connectivity index (χ4v) is 0.757. The van der Waals surface area contributed by atoms with Crippen LogP contribution in [0.5, 0.6) is 0 Å². The first-order chi connectivity index (χ1) is 5.66. The molecule has 0 aliphatic rings. The van der Waals surface area contributed by atoms with Crippen molar-refractivity contribution in [2.75, 3.05) is 33.2 Å². The van der Waals surface area contributed by atoms with Gasteiger partial charge >= 0.3 is 0 Å². The van der Waals surface area contributed by atoms with Crippen molar-refractivity contribution in [3.05, 3.63) is 0 Å². The Hall–Kier alpha value is -0.660. The second-order valence-corrected chi connectivity index (χ2v) is 2.53. The molecule has 0 unspecified atom stereocenters. The summed E-state index contributed by atoms with van der Waals surface area (Å²) in [6, 6.07) is 0. The smallest absolute Gasteiger partial charge is 0.251 e. The number of hydrogen-bond donors (Lipinski definition) is 1. The van der Waals surface area contributed by atoms with E-state index in [4.69, 9.17) is 6.42 Å². The van der Waals surface area contributed by atoms with Crippen LogP contribution < -0.4 is 5.32 Å². The molecule has 0 aromatic rings. The largest absolute Gasteiger partial charge is 0.305 e. The molecule has 0 heterocycles. The summed E-state index contributed by atoms with van der Waals surface area (Å²) in [6.07, 6.45) is 2.72. The summed E-state index contributed by atoms with van der Waals surface area (Å²) in [4.78, 5) is 1.56. The number of halogens is 2. The van der Waals surface area contributed by atoms with E-state index in [1.165, 1.54) is 0 Å². The molecule has 0 saturated heterocycles. The molecule has 0 fully saturated rings. The van der Waals surface area contributed by atoms with Crippen LogP contribution in [0.1, 0.15) is 0 Å². The van der Waals surface area contributed by atoms with Gasteiger partial charge in [0.05, 0.1) is 13.1 Å². The highest BCUT2D eigenvalue weighted by Crippen LogP contribution is 1.93. The summed E-state index contributed by atoms with van der Waals surface area (Å²) >= 11 is 0. The second kappa shape index (κ2) is 7.01. The lowest BCUT2D eigenvalue weighted by Crippen LogP contribution is -2.32. The van der Waals surface area contributed by atoms with E-state index in [2.05, 4.69) is 11.2 Å². The molecule has 2 nitrogen and oxygen atoms in total. The van der Waals surface area contributed by atoms with Gasteiger partial charge in [0.15, 0.2) is 0 Å². The van der Waals surface area contributed by atoms with Crippen LogP contribution in [0, 0.1) is 12.3 Å². The molecule has 0 aromatic heterocycles. The lowest BCUT2D eigenvalue weighted by molar-refractivity contribution is 0.101. The van der Waals surface area contributed by atoms with Crippen molar-refractivity contribution in [3.63, 3.8) is 0 Å². The third-order valence-corrected chi connectivity index (χ3v) is 1.35. The first-order valence-electron chi connectivity index (χ1n) is 3.77. The van der Waals surface area contributed by atoms with E-state index in [1.54, 1.807) is 11.9 Å². The summed E-state index contributed by atoms with van der Waals surface area (Å²) < 4.78 is 23.5. The Morgan fingerprint density at radius 3 is 2.75 bits per heavy atom. The SMILES string of the molecule is C#CCNCCN(C)CC(F)F. The Morgan fingerprint density at radius 2 is 2.25 bits per heavy atom. The zero-order valence-corrected chi connectivity index (χ0v) is 7.19. The number of alkyl halides is 2. The average molecular weight is 176 g/mol. The molecule has 0 saturated carbocycles. The molecule has 0 amide bonds. The van der Waals surface area contributed by atoms with E-state index < -0.39 is 6.43 Å². The van der Waals surface area contributed by atoms with Gasteiger partial charge in [-0.15, -0.1) is 6.42 Å². The minimum Gasteiger partial charge on any atom is -0.305 e. The number of likely N-dealkylation sites (N-methyl/N-ethyl adjacent to an activating group) is 1. The van der Waals surface area contributed by atoms with Crippen LogP contribution in [0.4, 0.5) is 8.78 Å². The number of rotatable bonds is 6. The normalized spacial score (nSPS) is 10.7. The maximum absolute atomic E-state index is 11.8. The van der Waals surface area contributed by atoms with Gasteiger partial charge in [-0.1, -0.05) is 5.92 Å². The Morgan fingerprint density at radius 1 is 1.58 bits per heavy atom. The summed E-state index contributed by atoms with van der Waals surface area (Å²) in [5.41, 5.74) is 0. The highest BCUT2D eigenvalue weighted by atomic mass is 19.3. The first kappa shape index (κ1) is 11.3. The lowest BCUT2D eigenvalue weighted by atomic mass is 10.5. The van der Waals surface area contributed by atoms with Crippen LogP contribution in [0.25, 0.3) is 0 Å². The molecule has 0 atom stereocenters. The van der Waals surface area contributed by atoms with Crippen LogP contribution in [0.2, 0.25) is 0 Å². The number of nitrogens with zero attached hydrogens (tertiary/aromatic N) is 1. The van der Waals surface area contributed by atoms with E-state index in [0.717, 1.165) is 0 Å². The Labute approximate surface area is 71.9 Å². The highest BCUT2D eigenvalue weighted by Gasteiger charge is 2.05. The molecular weight excluding hydrogens is 162 g/mol. The van der Waals surface area contributed by atoms with Crippen molar-refractivity contribution in [1.82, 2.24) is 10.2 Å². The third kappa shape index (κ3) is 7.45. The molecule has 0 rings (SSSR count). The molecule has 12 heavy (non-hydrogen) atoms. The molecule has 0 aliphatic carbocycles. The van der Waals surface area contributed by atoms with Gasteiger partial charge in [0, 0.05) is 13.1 Å². The Kier molecular flexibility index (Phi) is 6.63. The minimum atomic E-state index is -2.26. The Bertz CT molecular complexity index is 142. The van der Waals surface area contributed by atoms with Crippen molar-refractivity contribution in [3.8, 4) is 12.3 Å². The van der Waals surface area contributed by atoms with Crippen molar-refractivity contribution >= 4 is 0 Å². The molecule has 1 N–H and O–H groups in total. The van der Waals surface area contributed by atoms with Gasteiger partial charge in [0.1, 0.15) is 0 Å². The van der Waals surface area contributed by atoms with Crippen LogP contribution in [0.15, 0.2) is 0 Å². The van der Waals surface area contributed by atoms with Crippen LogP contribution >= 0.6 is 0 Å². The summed E-state index contributed by atoms with van der Waals surface area (Å²) in [7, 11) is 1.66.